The lowest BCUT2D eigenvalue weighted by Gasteiger charge is -2.17. The van der Waals surface area contributed by atoms with Gasteiger partial charge in [-0.25, -0.2) is 4.68 Å². The summed E-state index contributed by atoms with van der Waals surface area (Å²) in [4.78, 5) is 11.9. The van der Waals surface area contributed by atoms with Gasteiger partial charge in [0, 0.05) is 26.0 Å². The molecule has 0 fully saturated rings. The van der Waals surface area contributed by atoms with Crippen molar-refractivity contribution in [2.75, 3.05) is 13.7 Å². The zero-order chi connectivity index (χ0) is 15.9. The third kappa shape index (κ3) is 4.16. The molecule has 2 unspecified atom stereocenters. The Morgan fingerprint density at radius 1 is 1.41 bits per heavy atom. The van der Waals surface area contributed by atoms with Crippen molar-refractivity contribution in [3.05, 3.63) is 48.3 Å². The molecule has 1 aromatic carbocycles. The minimum absolute atomic E-state index is 0.0686. The highest BCUT2D eigenvalue weighted by molar-refractivity contribution is 5.77. The van der Waals surface area contributed by atoms with Crippen LogP contribution in [0.25, 0.3) is 5.69 Å². The summed E-state index contributed by atoms with van der Waals surface area (Å²) in [6.07, 6.45) is 3.65. The quantitative estimate of drug-likeness (QED) is 0.810. The molecule has 0 saturated heterocycles. The Labute approximate surface area is 130 Å². The second-order valence-electron chi connectivity index (χ2n) is 5.13. The Kier molecular flexibility index (Phi) is 5.68. The van der Waals surface area contributed by atoms with Gasteiger partial charge in [0.1, 0.15) is 0 Å². The van der Waals surface area contributed by atoms with Crippen LogP contribution in [0, 0.1) is 0 Å². The molecule has 0 aliphatic heterocycles. The Morgan fingerprint density at radius 3 is 2.68 bits per heavy atom. The van der Waals surface area contributed by atoms with E-state index in [-0.39, 0.29) is 24.5 Å². The molecule has 0 spiro atoms. The molecule has 118 valence electrons. The summed E-state index contributed by atoms with van der Waals surface area (Å²) in [7, 11) is 1.56. The van der Waals surface area contributed by atoms with Crippen LogP contribution < -0.4 is 11.1 Å². The molecule has 1 heterocycles. The highest BCUT2D eigenvalue weighted by atomic mass is 16.5. The Bertz CT molecular complexity index is 577. The maximum atomic E-state index is 11.9. The Hall–Kier alpha value is -2.18. The fourth-order valence-corrected chi connectivity index (χ4v) is 2.19. The summed E-state index contributed by atoms with van der Waals surface area (Å²) in [6, 6.07) is 9.72. The van der Waals surface area contributed by atoms with Crippen molar-refractivity contribution < 1.29 is 9.53 Å². The summed E-state index contributed by atoms with van der Waals surface area (Å²) in [5, 5.41) is 7.13. The van der Waals surface area contributed by atoms with Gasteiger partial charge in [-0.15, -0.1) is 0 Å². The molecule has 0 aliphatic carbocycles. The molecule has 6 nitrogen and oxygen atoms in total. The molecule has 2 atom stereocenters. The van der Waals surface area contributed by atoms with E-state index >= 15 is 0 Å². The predicted molar refractivity (Wildman–Crippen MR) is 84.6 cm³/mol. The van der Waals surface area contributed by atoms with Crippen LogP contribution in [0.3, 0.4) is 0 Å². The molecule has 0 saturated carbocycles. The first-order valence-corrected chi connectivity index (χ1v) is 7.26. The first kappa shape index (κ1) is 16.2. The van der Waals surface area contributed by atoms with Crippen LogP contribution in [-0.4, -0.2) is 35.4 Å². The van der Waals surface area contributed by atoms with Crippen molar-refractivity contribution in [3.63, 3.8) is 0 Å². The predicted octanol–water partition coefficient (Wildman–Crippen LogP) is 1.41. The van der Waals surface area contributed by atoms with E-state index in [1.165, 1.54) is 0 Å². The lowest BCUT2D eigenvalue weighted by Crippen LogP contribution is -2.33. The Balaban J connectivity index is 1.95. The van der Waals surface area contributed by atoms with Gasteiger partial charge in [-0.05, 0) is 30.7 Å². The van der Waals surface area contributed by atoms with Crippen LogP contribution in [0.15, 0.2) is 42.7 Å². The van der Waals surface area contributed by atoms with Gasteiger partial charge in [-0.2, -0.15) is 5.10 Å². The lowest BCUT2D eigenvalue weighted by molar-refractivity contribution is -0.124. The SMILES string of the molecule is COC(CN)CC(=O)NC(C)c1ccc(-n2cccn2)cc1. The number of carbonyl (C=O) groups is 1. The number of ether oxygens (including phenoxy) is 1. The van der Waals surface area contributed by atoms with Crippen LogP contribution in [0.5, 0.6) is 0 Å². The summed E-state index contributed by atoms with van der Waals surface area (Å²) < 4.78 is 6.91. The van der Waals surface area contributed by atoms with Gasteiger partial charge >= 0.3 is 0 Å². The maximum Gasteiger partial charge on any atom is 0.223 e. The number of benzene rings is 1. The van der Waals surface area contributed by atoms with Gasteiger partial charge < -0.3 is 15.8 Å². The van der Waals surface area contributed by atoms with E-state index in [0.29, 0.717) is 6.54 Å². The number of carbonyl (C=O) groups excluding carboxylic acids is 1. The molecule has 2 aromatic rings. The molecular weight excluding hydrogens is 280 g/mol. The smallest absolute Gasteiger partial charge is 0.223 e. The molecule has 2 rings (SSSR count). The standard InChI is InChI=1S/C16H22N4O2/c1-12(19-16(21)10-15(11-17)22-2)13-4-6-14(7-5-13)20-9-3-8-18-20/h3-9,12,15H,10-11,17H2,1-2H3,(H,19,21). The van der Waals surface area contributed by atoms with Crippen LogP contribution in [-0.2, 0) is 9.53 Å². The third-order valence-electron chi connectivity index (χ3n) is 3.55. The van der Waals surface area contributed by atoms with Crippen LogP contribution in [0.4, 0.5) is 0 Å². The molecule has 0 bridgehead atoms. The lowest BCUT2D eigenvalue weighted by atomic mass is 10.1. The third-order valence-corrected chi connectivity index (χ3v) is 3.55. The molecule has 1 aromatic heterocycles. The van der Waals surface area contributed by atoms with Gasteiger partial charge in [0.2, 0.25) is 5.91 Å². The number of amides is 1. The van der Waals surface area contributed by atoms with Crippen LogP contribution in [0.1, 0.15) is 24.9 Å². The van der Waals surface area contributed by atoms with Gasteiger partial charge in [0.25, 0.3) is 0 Å². The molecule has 3 N–H and O–H groups in total. The minimum Gasteiger partial charge on any atom is -0.380 e. The van der Waals surface area contributed by atoms with Gasteiger partial charge in [0.05, 0.1) is 24.3 Å². The highest BCUT2D eigenvalue weighted by Gasteiger charge is 2.14. The van der Waals surface area contributed by atoms with Crippen molar-refractivity contribution >= 4 is 5.91 Å². The average molecular weight is 302 g/mol. The number of hydrogen-bond acceptors (Lipinski definition) is 4. The van der Waals surface area contributed by atoms with Crippen molar-refractivity contribution in [2.45, 2.75) is 25.5 Å². The van der Waals surface area contributed by atoms with Crippen LogP contribution in [0.2, 0.25) is 0 Å². The fourth-order valence-electron chi connectivity index (χ4n) is 2.19. The second kappa shape index (κ2) is 7.72. The summed E-state index contributed by atoms with van der Waals surface area (Å²) in [5.41, 5.74) is 7.54. The normalized spacial score (nSPS) is 13.6. The molecule has 6 heteroatoms. The topological polar surface area (TPSA) is 82.2 Å². The number of hydrogen-bond donors (Lipinski definition) is 2. The molecule has 0 radical (unpaired) electrons. The van der Waals surface area contributed by atoms with E-state index in [9.17, 15) is 4.79 Å². The Morgan fingerprint density at radius 2 is 2.14 bits per heavy atom. The monoisotopic (exact) mass is 302 g/mol. The number of aromatic nitrogens is 2. The molecule has 1 amide bonds. The van der Waals surface area contributed by atoms with E-state index in [0.717, 1.165) is 11.3 Å². The van der Waals surface area contributed by atoms with Gasteiger partial charge in [-0.3, -0.25) is 4.79 Å². The van der Waals surface area contributed by atoms with Crippen molar-refractivity contribution in [1.82, 2.24) is 15.1 Å². The zero-order valence-corrected chi connectivity index (χ0v) is 12.9. The number of nitrogens with one attached hydrogen (secondary N) is 1. The number of rotatable bonds is 7. The average Bonchev–Trinajstić information content (AvgIpc) is 3.07. The first-order chi connectivity index (χ1) is 10.6. The zero-order valence-electron chi connectivity index (χ0n) is 12.9. The summed E-state index contributed by atoms with van der Waals surface area (Å²) in [6.45, 7) is 2.28. The molecular formula is C16H22N4O2. The van der Waals surface area contributed by atoms with Gasteiger partial charge in [0.15, 0.2) is 0 Å². The number of nitrogens with zero attached hydrogens (tertiary/aromatic N) is 2. The van der Waals surface area contributed by atoms with E-state index in [1.54, 1.807) is 18.0 Å². The van der Waals surface area contributed by atoms with Crippen molar-refractivity contribution in [3.8, 4) is 5.69 Å². The summed E-state index contributed by atoms with van der Waals surface area (Å²) in [5.74, 6) is -0.0686. The highest BCUT2D eigenvalue weighted by Crippen LogP contribution is 2.15. The molecule has 22 heavy (non-hydrogen) atoms. The first-order valence-electron chi connectivity index (χ1n) is 7.26. The van der Waals surface area contributed by atoms with Crippen molar-refractivity contribution in [1.29, 1.82) is 0 Å². The largest absolute Gasteiger partial charge is 0.380 e. The molecule has 0 aliphatic rings. The van der Waals surface area contributed by atoms with E-state index < -0.39 is 0 Å². The van der Waals surface area contributed by atoms with E-state index in [2.05, 4.69) is 10.4 Å². The fraction of sp³-hybridized carbons (Fsp3) is 0.375. The number of nitrogens with two attached hydrogens (primary N) is 1. The minimum atomic E-state index is -0.241. The van der Waals surface area contributed by atoms with Gasteiger partial charge in [-0.1, -0.05) is 12.1 Å². The number of methoxy groups -OCH3 is 1. The van der Waals surface area contributed by atoms with E-state index in [1.807, 2.05) is 43.5 Å². The maximum absolute atomic E-state index is 11.9. The van der Waals surface area contributed by atoms with E-state index in [4.69, 9.17) is 10.5 Å². The van der Waals surface area contributed by atoms with Crippen molar-refractivity contribution in [2.24, 2.45) is 5.73 Å². The second-order valence-corrected chi connectivity index (χ2v) is 5.13. The summed E-state index contributed by atoms with van der Waals surface area (Å²) >= 11 is 0. The van der Waals surface area contributed by atoms with Crippen LogP contribution >= 0.6 is 0 Å².